The van der Waals surface area contributed by atoms with Crippen LogP contribution in [0.5, 0.6) is 5.75 Å². The van der Waals surface area contributed by atoms with Crippen molar-refractivity contribution < 1.29 is 14.7 Å². The number of hydrogen-bond donors (Lipinski definition) is 3. The topological polar surface area (TPSA) is 141 Å². The number of amides is 2. The zero-order chi connectivity index (χ0) is 30.3. The number of nitrogens with zero attached hydrogens (tertiary/aromatic N) is 7. The molecule has 2 aliphatic heterocycles. The van der Waals surface area contributed by atoms with Gasteiger partial charge in [0.2, 0.25) is 11.9 Å². The number of phenols is 1. The van der Waals surface area contributed by atoms with E-state index in [4.69, 9.17) is 4.98 Å². The molecule has 1 atom stereocenters. The number of fused-ring (bicyclic) bond motifs is 1. The molecule has 3 heterocycles. The predicted molar refractivity (Wildman–Crippen MR) is 166 cm³/mol. The molecule has 12 nitrogen and oxygen atoms in total. The number of hydrogen-bond acceptors (Lipinski definition) is 10. The number of nitriles is 1. The van der Waals surface area contributed by atoms with E-state index in [1.165, 1.54) is 12.1 Å². The number of likely N-dealkylation sites (N-methyl/N-ethyl adjacent to an activating group) is 1. The predicted octanol–water partition coefficient (Wildman–Crippen LogP) is 2.36. The van der Waals surface area contributed by atoms with Crippen LogP contribution in [0.4, 0.5) is 17.5 Å². The van der Waals surface area contributed by atoms with Crippen molar-refractivity contribution in [3.8, 4) is 11.8 Å². The zero-order valence-electron chi connectivity index (χ0n) is 24.4. The Balaban J connectivity index is 1.40. The fourth-order valence-corrected chi connectivity index (χ4v) is 5.52. The summed E-state index contributed by atoms with van der Waals surface area (Å²) in [4.78, 5) is 43.6. The van der Waals surface area contributed by atoms with Gasteiger partial charge in [-0.25, -0.2) is 4.98 Å². The van der Waals surface area contributed by atoms with Crippen LogP contribution >= 0.6 is 0 Å². The fraction of sp³-hybridized carbons (Fsp3) is 0.387. The second kappa shape index (κ2) is 13.5. The number of aromatic nitrogens is 2. The summed E-state index contributed by atoms with van der Waals surface area (Å²) in [5, 5.41) is 27.5. The smallest absolute Gasteiger partial charge is 0.274 e. The van der Waals surface area contributed by atoms with Crippen LogP contribution in [0.2, 0.25) is 0 Å². The molecule has 224 valence electrons. The molecule has 0 aliphatic carbocycles. The molecule has 12 heteroatoms. The summed E-state index contributed by atoms with van der Waals surface area (Å²) in [7, 11) is 2.12. The molecule has 0 spiro atoms. The lowest BCUT2D eigenvalue weighted by atomic mass is 10.1. The standard InChI is InChI=1S/C31H37N9O3/c1-3-29(42)40-17-16-39(21-23(40)8-9-32)28-20-27(35-31(36-28)33-10-11-38-14-12-37(2)13-15-38)30(43)34-26-19-24(41)18-22-6-4-5-7-25(22)26/h3-7,18-20,23,41H,1,8,10-17,21H2,2H3,(H,34,43)(H,33,35,36)/t23-/m0/s1. The van der Waals surface area contributed by atoms with Gasteiger partial charge in [-0.05, 0) is 24.6 Å². The first-order valence-electron chi connectivity index (χ1n) is 14.5. The molecule has 43 heavy (non-hydrogen) atoms. The van der Waals surface area contributed by atoms with Crippen LogP contribution in [-0.4, -0.2) is 114 Å². The van der Waals surface area contributed by atoms with Crippen LogP contribution in [0.3, 0.4) is 0 Å². The molecule has 2 aromatic carbocycles. The summed E-state index contributed by atoms with van der Waals surface area (Å²) >= 11 is 0. The van der Waals surface area contributed by atoms with E-state index < -0.39 is 5.91 Å². The van der Waals surface area contributed by atoms with E-state index in [-0.39, 0.29) is 29.8 Å². The molecule has 5 rings (SSSR count). The van der Waals surface area contributed by atoms with Gasteiger partial charge in [0.25, 0.3) is 5.91 Å². The van der Waals surface area contributed by atoms with Crippen molar-refractivity contribution in [2.75, 3.05) is 81.5 Å². The Morgan fingerprint density at radius 2 is 1.91 bits per heavy atom. The Morgan fingerprint density at radius 1 is 1.12 bits per heavy atom. The first-order valence-corrected chi connectivity index (χ1v) is 14.5. The van der Waals surface area contributed by atoms with Gasteiger partial charge in [-0.15, -0.1) is 0 Å². The molecular formula is C31H37N9O3. The highest BCUT2D eigenvalue weighted by Crippen LogP contribution is 2.29. The van der Waals surface area contributed by atoms with Gasteiger partial charge in [0.15, 0.2) is 0 Å². The molecule has 0 radical (unpaired) electrons. The average molecular weight is 584 g/mol. The lowest BCUT2D eigenvalue weighted by Gasteiger charge is -2.40. The van der Waals surface area contributed by atoms with Crippen molar-refractivity contribution in [1.29, 1.82) is 5.26 Å². The summed E-state index contributed by atoms with van der Waals surface area (Å²) < 4.78 is 0. The highest BCUT2D eigenvalue weighted by molar-refractivity contribution is 6.09. The van der Waals surface area contributed by atoms with Crippen LogP contribution in [0.25, 0.3) is 10.8 Å². The summed E-state index contributed by atoms with van der Waals surface area (Å²) in [6.45, 7) is 10.3. The fourth-order valence-electron chi connectivity index (χ4n) is 5.52. The van der Waals surface area contributed by atoms with Crippen molar-refractivity contribution in [3.63, 3.8) is 0 Å². The molecule has 3 N–H and O–H groups in total. The highest BCUT2D eigenvalue weighted by atomic mass is 16.3. The van der Waals surface area contributed by atoms with E-state index in [2.05, 4.69) is 45.1 Å². The third kappa shape index (κ3) is 7.20. The van der Waals surface area contributed by atoms with E-state index >= 15 is 0 Å². The van der Waals surface area contributed by atoms with Crippen molar-refractivity contribution in [2.45, 2.75) is 12.5 Å². The van der Waals surface area contributed by atoms with Gasteiger partial charge in [-0.2, -0.15) is 10.2 Å². The quantitative estimate of drug-likeness (QED) is 0.322. The summed E-state index contributed by atoms with van der Waals surface area (Å²) in [6.07, 6.45) is 1.43. The number of carbonyl (C=O) groups excluding carboxylic acids is 2. The Morgan fingerprint density at radius 3 is 2.67 bits per heavy atom. The van der Waals surface area contributed by atoms with E-state index in [1.807, 2.05) is 29.2 Å². The van der Waals surface area contributed by atoms with E-state index in [1.54, 1.807) is 17.0 Å². The number of anilines is 3. The number of carbonyl (C=O) groups is 2. The lowest BCUT2D eigenvalue weighted by molar-refractivity contribution is -0.128. The van der Waals surface area contributed by atoms with Gasteiger partial charge in [0, 0.05) is 76.4 Å². The lowest BCUT2D eigenvalue weighted by Crippen LogP contribution is -2.55. The molecule has 0 bridgehead atoms. The molecule has 2 fully saturated rings. The maximum atomic E-state index is 13.6. The number of phenolic OH excluding ortho intramolecular Hbond substituents is 1. The Kier molecular flexibility index (Phi) is 9.34. The first kappa shape index (κ1) is 29.8. The van der Waals surface area contributed by atoms with Crippen molar-refractivity contribution in [2.24, 2.45) is 0 Å². The van der Waals surface area contributed by atoms with Crippen molar-refractivity contribution >= 4 is 40.0 Å². The molecule has 2 aliphatic rings. The molecule has 3 aromatic rings. The van der Waals surface area contributed by atoms with Gasteiger partial charge in [0.1, 0.15) is 17.3 Å². The number of aromatic hydroxyl groups is 1. The summed E-state index contributed by atoms with van der Waals surface area (Å²) in [5.41, 5.74) is 0.622. The summed E-state index contributed by atoms with van der Waals surface area (Å²) in [6, 6.07) is 14.1. The molecular weight excluding hydrogens is 546 g/mol. The number of benzene rings is 2. The average Bonchev–Trinajstić information content (AvgIpc) is 3.01. The molecule has 1 aromatic heterocycles. The second-order valence-electron chi connectivity index (χ2n) is 10.9. The Labute approximate surface area is 251 Å². The van der Waals surface area contributed by atoms with Crippen molar-refractivity contribution in [3.05, 3.63) is 60.8 Å². The van der Waals surface area contributed by atoms with Gasteiger partial charge in [-0.1, -0.05) is 30.8 Å². The zero-order valence-corrected chi connectivity index (χ0v) is 24.4. The highest BCUT2D eigenvalue weighted by Gasteiger charge is 2.30. The minimum atomic E-state index is -0.449. The van der Waals surface area contributed by atoms with E-state index in [0.717, 1.165) is 43.5 Å². The minimum absolute atomic E-state index is 0.0408. The van der Waals surface area contributed by atoms with E-state index in [9.17, 15) is 20.0 Å². The normalized spacial score (nSPS) is 17.8. The van der Waals surface area contributed by atoms with Crippen LogP contribution in [0.1, 0.15) is 16.9 Å². The third-order valence-corrected chi connectivity index (χ3v) is 7.94. The van der Waals surface area contributed by atoms with Gasteiger partial charge in [-0.3, -0.25) is 14.5 Å². The van der Waals surface area contributed by atoms with Gasteiger partial charge >= 0.3 is 0 Å². The number of piperazine rings is 2. The molecule has 2 saturated heterocycles. The van der Waals surface area contributed by atoms with Gasteiger partial charge < -0.3 is 30.4 Å². The Hall–Kier alpha value is -4.73. The number of nitrogens with one attached hydrogen (secondary N) is 2. The minimum Gasteiger partial charge on any atom is -0.508 e. The van der Waals surface area contributed by atoms with Crippen LogP contribution in [-0.2, 0) is 4.79 Å². The Bertz CT molecular complexity index is 1530. The van der Waals surface area contributed by atoms with Crippen molar-refractivity contribution in [1.82, 2.24) is 24.7 Å². The molecule has 0 saturated carbocycles. The van der Waals surface area contributed by atoms with Gasteiger partial charge in [0.05, 0.1) is 24.2 Å². The molecule has 0 unspecified atom stereocenters. The molecule has 2 amide bonds. The SMILES string of the molecule is C=CC(=O)N1CCN(c2cc(C(=O)Nc3cc(O)cc4ccccc34)nc(NCCN3CCN(C)CC3)n2)C[C@@H]1CC#N. The van der Waals surface area contributed by atoms with Crippen LogP contribution in [0.15, 0.2) is 55.1 Å². The van der Waals surface area contributed by atoms with Crippen LogP contribution < -0.4 is 15.5 Å². The number of rotatable bonds is 9. The second-order valence-corrected chi connectivity index (χ2v) is 10.9. The van der Waals surface area contributed by atoms with E-state index in [0.29, 0.717) is 43.6 Å². The largest absolute Gasteiger partial charge is 0.508 e. The van der Waals surface area contributed by atoms with Crippen LogP contribution in [0, 0.1) is 11.3 Å². The first-order chi connectivity index (χ1) is 20.8. The third-order valence-electron chi connectivity index (χ3n) is 7.94. The maximum Gasteiger partial charge on any atom is 0.274 e. The monoisotopic (exact) mass is 583 g/mol. The maximum absolute atomic E-state index is 13.6. The summed E-state index contributed by atoms with van der Waals surface area (Å²) in [5.74, 6) is 0.220.